The van der Waals surface area contributed by atoms with Crippen molar-refractivity contribution in [1.29, 1.82) is 0 Å². The molecule has 6 heteroatoms. The third kappa shape index (κ3) is 4.61. The molecule has 0 N–H and O–H groups in total. The average molecular weight is 328 g/mol. The maximum Gasteiger partial charge on any atom is 0.122 e. The van der Waals surface area contributed by atoms with E-state index in [1.54, 1.807) is 0 Å². The molecule has 3 rings (SSSR count). The van der Waals surface area contributed by atoms with Crippen LogP contribution in [0.3, 0.4) is 0 Å². The fourth-order valence-corrected chi connectivity index (χ4v) is 3.29. The van der Waals surface area contributed by atoms with Gasteiger partial charge in [-0.2, -0.15) is 0 Å². The molecule has 0 radical (unpaired) electrons. The largest absolute Gasteiger partial charge is 0.337 e. The topological polar surface area (TPSA) is 50.1 Å². The summed E-state index contributed by atoms with van der Waals surface area (Å²) in [7, 11) is 6.16. The number of aryl methyl sites for hydroxylation is 1. The summed E-state index contributed by atoms with van der Waals surface area (Å²) in [5.74, 6) is 1.87. The molecule has 1 fully saturated rings. The third-order valence-corrected chi connectivity index (χ3v) is 4.73. The quantitative estimate of drug-likeness (QED) is 0.808. The van der Waals surface area contributed by atoms with Crippen LogP contribution in [0.5, 0.6) is 0 Å². The van der Waals surface area contributed by atoms with Crippen molar-refractivity contribution in [3.05, 3.63) is 42.0 Å². The van der Waals surface area contributed by atoms with E-state index in [1.807, 2.05) is 38.9 Å². The van der Waals surface area contributed by atoms with Crippen molar-refractivity contribution in [2.45, 2.75) is 32.4 Å². The van der Waals surface area contributed by atoms with E-state index in [1.165, 1.54) is 12.8 Å². The van der Waals surface area contributed by atoms with Crippen LogP contribution in [0.1, 0.15) is 30.1 Å². The molecule has 1 aliphatic heterocycles. The van der Waals surface area contributed by atoms with Crippen molar-refractivity contribution in [1.82, 2.24) is 29.3 Å². The second kappa shape index (κ2) is 7.85. The molecule has 3 heterocycles. The molecular weight excluding hydrogens is 300 g/mol. The van der Waals surface area contributed by atoms with E-state index in [0.717, 1.165) is 55.7 Å². The maximum absolute atomic E-state index is 4.60. The van der Waals surface area contributed by atoms with Gasteiger partial charge in [0.25, 0.3) is 0 Å². The number of rotatable bonds is 6. The predicted molar refractivity (Wildman–Crippen MR) is 94.3 cm³/mol. The highest BCUT2D eigenvalue weighted by Crippen LogP contribution is 2.21. The highest BCUT2D eigenvalue weighted by atomic mass is 15.2. The van der Waals surface area contributed by atoms with Crippen molar-refractivity contribution in [3.8, 4) is 0 Å². The number of likely N-dealkylation sites (tertiary alicyclic amines) is 1. The molecule has 1 saturated heterocycles. The molecule has 6 nitrogen and oxygen atoms in total. The number of nitrogens with zero attached hydrogens (tertiary/aromatic N) is 6. The van der Waals surface area contributed by atoms with Gasteiger partial charge in [-0.25, -0.2) is 4.98 Å². The second-order valence-electron chi connectivity index (χ2n) is 7.11. The first-order valence-corrected chi connectivity index (χ1v) is 8.73. The molecule has 0 bridgehead atoms. The maximum atomic E-state index is 4.60. The molecule has 0 spiro atoms. The zero-order chi connectivity index (χ0) is 16.9. The Bertz CT molecular complexity index is 625. The molecule has 1 aliphatic rings. The standard InChI is InChI=1S/C18H28N6/c1-22(2)13-17-12-20-16(11-21-17)10-15-4-7-24(8-5-15)14-18-19-6-9-23(18)3/h6,9,11-12,15H,4-5,7-8,10,13-14H2,1-3H3. The van der Waals surface area contributed by atoms with Crippen LogP contribution in [0.25, 0.3) is 0 Å². The van der Waals surface area contributed by atoms with Crippen LogP contribution in [0.2, 0.25) is 0 Å². The average Bonchev–Trinajstić information content (AvgIpc) is 2.96. The van der Waals surface area contributed by atoms with Gasteiger partial charge in [-0.05, 0) is 52.4 Å². The lowest BCUT2D eigenvalue weighted by atomic mass is 9.92. The molecule has 2 aromatic heterocycles. The van der Waals surface area contributed by atoms with Gasteiger partial charge in [0.1, 0.15) is 5.82 Å². The van der Waals surface area contributed by atoms with Crippen LogP contribution >= 0.6 is 0 Å². The Labute approximate surface area is 144 Å². The van der Waals surface area contributed by atoms with Crippen LogP contribution < -0.4 is 0 Å². The SMILES string of the molecule is CN(C)Cc1cnc(CC2CCN(Cc3nccn3C)CC2)cn1. The van der Waals surface area contributed by atoms with Crippen molar-refractivity contribution < 1.29 is 0 Å². The Morgan fingerprint density at radius 2 is 1.79 bits per heavy atom. The molecule has 0 aliphatic carbocycles. The molecule has 0 amide bonds. The van der Waals surface area contributed by atoms with Gasteiger partial charge in [-0.3, -0.25) is 14.9 Å². The minimum absolute atomic E-state index is 0.719. The lowest BCUT2D eigenvalue weighted by molar-refractivity contribution is 0.171. The Kier molecular flexibility index (Phi) is 5.58. The minimum atomic E-state index is 0.719. The van der Waals surface area contributed by atoms with E-state index < -0.39 is 0 Å². The van der Waals surface area contributed by atoms with Crippen LogP contribution in [-0.2, 0) is 26.6 Å². The Morgan fingerprint density at radius 3 is 2.38 bits per heavy atom. The number of aromatic nitrogens is 4. The number of hydrogen-bond donors (Lipinski definition) is 0. The van der Waals surface area contributed by atoms with E-state index in [0.29, 0.717) is 0 Å². The highest BCUT2D eigenvalue weighted by molar-refractivity contribution is 5.03. The van der Waals surface area contributed by atoms with Crippen LogP contribution in [0.4, 0.5) is 0 Å². The van der Waals surface area contributed by atoms with Crippen molar-refractivity contribution in [2.24, 2.45) is 13.0 Å². The first kappa shape index (κ1) is 17.0. The summed E-state index contributed by atoms with van der Waals surface area (Å²) in [6.45, 7) is 4.08. The normalized spacial score (nSPS) is 16.8. The molecule has 0 aromatic carbocycles. The van der Waals surface area contributed by atoms with Gasteiger partial charge >= 0.3 is 0 Å². The van der Waals surface area contributed by atoms with Gasteiger partial charge in [0.15, 0.2) is 0 Å². The van der Waals surface area contributed by atoms with Crippen LogP contribution in [0.15, 0.2) is 24.8 Å². The summed E-state index contributed by atoms with van der Waals surface area (Å²) in [6, 6.07) is 0. The Morgan fingerprint density at radius 1 is 1.08 bits per heavy atom. The van der Waals surface area contributed by atoms with Gasteiger partial charge in [0.2, 0.25) is 0 Å². The second-order valence-corrected chi connectivity index (χ2v) is 7.11. The van der Waals surface area contributed by atoms with E-state index in [4.69, 9.17) is 0 Å². The van der Waals surface area contributed by atoms with Gasteiger partial charge in [-0.15, -0.1) is 0 Å². The lowest BCUT2D eigenvalue weighted by Gasteiger charge is -2.31. The zero-order valence-corrected chi connectivity index (χ0v) is 15.0. The molecule has 130 valence electrons. The summed E-state index contributed by atoms with van der Waals surface area (Å²) < 4.78 is 2.11. The van der Waals surface area contributed by atoms with Gasteiger partial charge in [-0.1, -0.05) is 0 Å². The summed E-state index contributed by atoms with van der Waals surface area (Å²) in [5.41, 5.74) is 2.16. The molecule has 24 heavy (non-hydrogen) atoms. The van der Waals surface area contributed by atoms with Crippen LogP contribution in [0, 0.1) is 5.92 Å². The van der Waals surface area contributed by atoms with E-state index in [-0.39, 0.29) is 0 Å². The van der Waals surface area contributed by atoms with E-state index in [9.17, 15) is 0 Å². The predicted octanol–water partition coefficient (Wildman–Crippen LogP) is 1.73. The fraction of sp³-hybridized carbons (Fsp3) is 0.611. The molecule has 0 saturated carbocycles. The Balaban J connectivity index is 1.46. The molecule has 2 aromatic rings. The summed E-state index contributed by atoms with van der Waals surface area (Å²) in [5, 5.41) is 0. The monoisotopic (exact) mass is 328 g/mol. The van der Waals surface area contributed by atoms with Crippen molar-refractivity contribution in [2.75, 3.05) is 27.2 Å². The van der Waals surface area contributed by atoms with Gasteiger partial charge < -0.3 is 9.47 Å². The van der Waals surface area contributed by atoms with Crippen LogP contribution in [-0.4, -0.2) is 56.5 Å². The van der Waals surface area contributed by atoms with E-state index in [2.05, 4.69) is 36.4 Å². The zero-order valence-electron chi connectivity index (χ0n) is 15.0. The number of hydrogen-bond acceptors (Lipinski definition) is 5. The van der Waals surface area contributed by atoms with E-state index >= 15 is 0 Å². The van der Waals surface area contributed by atoms with Crippen molar-refractivity contribution >= 4 is 0 Å². The molecule has 0 atom stereocenters. The summed E-state index contributed by atoms with van der Waals surface area (Å²) >= 11 is 0. The van der Waals surface area contributed by atoms with Gasteiger partial charge in [0, 0.05) is 32.2 Å². The Hall–Kier alpha value is -1.79. The third-order valence-electron chi connectivity index (χ3n) is 4.73. The number of piperidine rings is 1. The van der Waals surface area contributed by atoms with Gasteiger partial charge in [0.05, 0.1) is 24.1 Å². The molecular formula is C18H28N6. The highest BCUT2D eigenvalue weighted by Gasteiger charge is 2.21. The smallest absolute Gasteiger partial charge is 0.122 e. The fourth-order valence-electron chi connectivity index (χ4n) is 3.29. The summed E-state index contributed by atoms with van der Waals surface area (Å²) in [6.07, 6.45) is 11.3. The lowest BCUT2D eigenvalue weighted by Crippen LogP contribution is -2.34. The summed E-state index contributed by atoms with van der Waals surface area (Å²) in [4.78, 5) is 18.2. The molecule has 0 unspecified atom stereocenters. The first-order chi connectivity index (χ1) is 11.6. The first-order valence-electron chi connectivity index (χ1n) is 8.73. The number of imidazole rings is 1. The minimum Gasteiger partial charge on any atom is -0.337 e. The van der Waals surface area contributed by atoms with Crippen molar-refractivity contribution in [3.63, 3.8) is 0 Å².